The first-order chi connectivity index (χ1) is 11.4. The zero-order valence-electron chi connectivity index (χ0n) is 11.9. The highest BCUT2D eigenvalue weighted by Crippen LogP contribution is 2.55. The van der Waals surface area contributed by atoms with Crippen molar-refractivity contribution in [1.29, 1.82) is 10.5 Å². The van der Waals surface area contributed by atoms with Gasteiger partial charge in [0.15, 0.2) is 0 Å². The first-order valence-corrected chi connectivity index (χ1v) is 7.45. The van der Waals surface area contributed by atoms with Crippen molar-refractivity contribution in [2.24, 2.45) is 5.73 Å². The second-order valence-corrected chi connectivity index (χ2v) is 6.18. The fourth-order valence-electron chi connectivity index (χ4n) is 2.37. The first-order valence-electron chi connectivity index (χ1n) is 6.63. The molecule has 1 atom stereocenters. The molecule has 120 valence electrons. The van der Waals surface area contributed by atoms with Gasteiger partial charge in [-0.05, 0) is 36.0 Å². The molecule has 1 heterocycles. The summed E-state index contributed by atoms with van der Waals surface area (Å²) in [5.74, 6) is -0.740. The van der Waals surface area contributed by atoms with Crippen molar-refractivity contribution in [3.8, 4) is 23.6 Å². The fourth-order valence-corrected chi connectivity index (χ4v) is 3.38. The van der Waals surface area contributed by atoms with Gasteiger partial charge in [-0.2, -0.15) is 19.3 Å². The Kier molecular flexibility index (Phi) is 3.88. The summed E-state index contributed by atoms with van der Waals surface area (Å²) in [6.45, 7) is 0. The summed E-state index contributed by atoms with van der Waals surface area (Å²) in [5.41, 5.74) is 5.45. The average Bonchev–Trinajstić information content (AvgIpc) is 2.77. The SMILES string of the molecule is N#Cc1cc(F)cc(Oc2ccc3c(c2C#N)C(N)C(F)(F)S3)c1. The lowest BCUT2D eigenvalue weighted by Gasteiger charge is -2.15. The second-order valence-electron chi connectivity index (χ2n) is 4.99. The number of nitriles is 2. The topological polar surface area (TPSA) is 82.8 Å². The molecule has 0 aliphatic carbocycles. The minimum absolute atomic E-state index is 0.00177. The van der Waals surface area contributed by atoms with Crippen molar-refractivity contribution in [3.63, 3.8) is 0 Å². The number of ether oxygens (including phenoxy) is 1. The highest BCUT2D eigenvalue weighted by atomic mass is 32.2. The summed E-state index contributed by atoms with van der Waals surface area (Å²) < 4.78 is 46.4. The predicted octanol–water partition coefficient (Wildman–Crippen LogP) is 4.06. The molecule has 2 aromatic carbocycles. The van der Waals surface area contributed by atoms with Crippen molar-refractivity contribution in [2.45, 2.75) is 16.2 Å². The number of hydrogen-bond acceptors (Lipinski definition) is 5. The van der Waals surface area contributed by atoms with Gasteiger partial charge in [0.2, 0.25) is 0 Å². The predicted molar refractivity (Wildman–Crippen MR) is 80.1 cm³/mol. The van der Waals surface area contributed by atoms with Crippen molar-refractivity contribution < 1.29 is 17.9 Å². The van der Waals surface area contributed by atoms with E-state index < -0.39 is 17.1 Å². The van der Waals surface area contributed by atoms with Gasteiger partial charge in [0.25, 0.3) is 0 Å². The molecule has 3 rings (SSSR count). The van der Waals surface area contributed by atoms with E-state index in [1.165, 1.54) is 18.2 Å². The third-order valence-corrected chi connectivity index (χ3v) is 4.53. The molecule has 2 N–H and O–H groups in total. The van der Waals surface area contributed by atoms with Gasteiger partial charge >= 0.3 is 5.25 Å². The van der Waals surface area contributed by atoms with Crippen LogP contribution in [0.5, 0.6) is 11.5 Å². The standard InChI is InChI=1S/C16H8F3N3OS/c17-9-3-8(6-20)4-10(5-9)23-12-1-2-13-14(11(12)7-21)15(22)16(18,19)24-13/h1-5,15H,22H2. The van der Waals surface area contributed by atoms with Gasteiger partial charge in [-0.15, -0.1) is 0 Å². The molecule has 0 radical (unpaired) electrons. The Bertz CT molecular complexity index is 918. The molecular weight excluding hydrogens is 339 g/mol. The lowest BCUT2D eigenvalue weighted by atomic mass is 10.0. The summed E-state index contributed by atoms with van der Waals surface area (Å²) in [6.07, 6.45) is 0. The molecule has 24 heavy (non-hydrogen) atoms. The van der Waals surface area contributed by atoms with Crippen LogP contribution >= 0.6 is 11.8 Å². The molecule has 0 saturated heterocycles. The number of hydrogen-bond donors (Lipinski definition) is 1. The zero-order chi connectivity index (χ0) is 17.5. The van der Waals surface area contributed by atoms with E-state index in [1.54, 1.807) is 6.07 Å². The molecule has 0 bridgehead atoms. The van der Waals surface area contributed by atoms with Crippen LogP contribution in [0.2, 0.25) is 0 Å². The van der Waals surface area contributed by atoms with E-state index in [0.29, 0.717) is 0 Å². The minimum Gasteiger partial charge on any atom is -0.456 e. The molecule has 2 aromatic rings. The molecule has 0 saturated carbocycles. The third-order valence-electron chi connectivity index (χ3n) is 3.43. The van der Waals surface area contributed by atoms with Crippen LogP contribution in [0.15, 0.2) is 35.2 Å². The van der Waals surface area contributed by atoms with E-state index in [-0.39, 0.29) is 44.8 Å². The molecule has 0 amide bonds. The molecule has 1 unspecified atom stereocenters. The van der Waals surface area contributed by atoms with Crippen molar-refractivity contribution in [1.82, 2.24) is 0 Å². The van der Waals surface area contributed by atoms with Crippen LogP contribution in [0.25, 0.3) is 0 Å². The maximum atomic E-state index is 13.8. The second kappa shape index (κ2) is 5.75. The van der Waals surface area contributed by atoms with Crippen LogP contribution in [0.1, 0.15) is 22.7 Å². The Labute approximate surface area is 139 Å². The summed E-state index contributed by atoms with van der Waals surface area (Å²) in [4.78, 5) is 0.202. The molecular formula is C16H8F3N3OS. The maximum Gasteiger partial charge on any atom is 0.317 e. The van der Waals surface area contributed by atoms with Crippen molar-refractivity contribution in [3.05, 3.63) is 52.8 Å². The van der Waals surface area contributed by atoms with Gasteiger partial charge in [0, 0.05) is 16.5 Å². The maximum absolute atomic E-state index is 13.8. The van der Waals surface area contributed by atoms with Crippen LogP contribution in [0.4, 0.5) is 13.2 Å². The van der Waals surface area contributed by atoms with Crippen LogP contribution in [0.3, 0.4) is 0 Å². The van der Waals surface area contributed by atoms with Gasteiger partial charge in [0.1, 0.15) is 35.0 Å². The highest BCUT2D eigenvalue weighted by molar-refractivity contribution is 8.00. The molecule has 8 heteroatoms. The van der Waals surface area contributed by atoms with E-state index >= 15 is 0 Å². The Hall–Kier alpha value is -2.68. The van der Waals surface area contributed by atoms with E-state index in [4.69, 9.17) is 15.7 Å². The Morgan fingerprint density at radius 1 is 1.17 bits per heavy atom. The summed E-state index contributed by atoms with van der Waals surface area (Å²) in [6, 6.07) is 8.00. The van der Waals surface area contributed by atoms with E-state index in [2.05, 4.69) is 0 Å². The quantitative estimate of drug-likeness (QED) is 0.886. The smallest absolute Gasteiger partial charge is 0.317 e. The van der Waals surface area contributed by atoms with Crippen molar-refractivity contribution in [2.75, 3.05) is 0 Å². The van der Waals surface area contributed by atoms with Crippen LogP contribution in [-0.2, 0) is 0 Å². The minimum atomic E-state index is -3.22. The number of alkyl halides is 2. The zero-order valence-corrected chi connectivity index (χ0v) is 12.7. The van der Waals surface area contributed by atoms with Gasteiger partial charge in [0.05, 0.1) is 11.6 Å². The van der Waals surface area contributed by atoms with Gasteiger partial charge in [-0.3, -0.25) is 0 Å². The fraction of sp³-hybridized carbons (Fsp3) is 0.125. The lowest BCUT2D eigenvalue weighted by Crippen LogP contribution is -2.25. The largest absolute Gasteiger partial charge is 0.456 e. The van der Waals surface area contributed by atoms with Crippen LogP contribution in [-0.4, -0.2) is 5.25 Å². The monoisotopic (exact) mass is 347 g/mol. The Balaban J connectivity index is 2.06. The van der Waals surface area contributed by atoms with Crippen LogP contribution in [0, 0.1) is 28.5 Å². The average molecular weight is 347 g/mol. The summed E-state index contributed by atoms with van der Waals surface area (Å²) in [7, 11) is 0. The summed E-state index contributed by atoms with van der Waals surface area (Å²) in [5, 5.41) is 15.0. The number of fused-ring (bicyclic) bond motifs is 1. The number of nitrogens with two attached hydrogens (primary N) is 1. The van der Waals surface area contributed by atoms with Crippen molar-refractivity contribution >= 4 is 11.8 Å². The summed E-state index contributed by atoms with van der Waals surface area (Å²) >= 11 is 0.286. The molecule has 1 aliphatic heterocycles. The lowest BCUT2D eigenvalue weighted by molar-refractivity contribution is 0.0796. The Morgan fingerprint density at radius 3 is 2.58 bits per heavy atom. The molecule has 0 spiro atoms. The number of rotatable bonds is 2. The van der Waals surface area contributed by atoms with E-state index in [0.717, 1.165) is 12.1 Å². The highest BCUT2D eigenvalue weighted by Gasteiger charge is 2.48. The van der Waals surface area contributed by atoms with Crippen LogP contribution < -0.4 is 10.5 Å². The first kappa shape index (κ1) is 16.2. The van der Waals surface area contributed by atoms with Gasteiger partial charge in [-0.25, -0.2) is 4.39 Å². The van der Waals surface area contributed by atoms with Gasteiger partial charge in [-0.1, -0.05) is 0 Å². The third kappa shape index (κ3) is 2.67. The molecule has 4 nitrogen and oxygen atoms in total. The molecule has 0 fully saturated rings. The Morgan fingerprint density at radius 2 is 1.92 bits per heavy atom. The number of thioether (sulfide) groups is 1. The van der Waals surface area contributed by atoms with Gasteiger partial charge < -0.3 is 10.5 Å². The normalized spacial score (nSPS) is 17.7. The number of halogens is 3. The molecule has 1 aliphatic rings. The van der Waals surface area contributed by atoms with E-state index in [1.807, 2.05) is 6.07 Å². The number of nitrogens with zero attached hydrogens (tertiary/aromatic N) is 2. The van der Waals surface area contributed by atoms with E-state index in [9.17, 15) is 18.4 Å². The molecule has 0 aromatic heterocycles. The number of benzene rings is 2.